The molecule has 0 saturated heterocycles. The van der Waals surface area contributed by atoms with Crippen molar-refractivity contribution in [3.8, 4) is 0 Å². The number of rotatable bonds is 1. The SMILES string of the molecule is Cc1[nH]c2ocnc2c(=O)c1C(=O)O. The molecular formula is C8H6N2O4. The number of aromatic nitrogens is 2. The van der Waals surface area contributed by atoms with E-state index in [1.165, 1.54) is 6.92 Å². The minimum Gasteiger partial charge on any atom is -0.477 e. The Morgan fingerprint density at radius 2 is 2.36 bits per heavy atom. The van der Waals surface area contributed by atoms with Crippen LogP contribution < -0.4 is 5.43 Å². The summed E-state index contributed by atoms with van der Waals surface area (Å²) in [5.74, 6) is -1.27. The van der Waals surface area contributed by atoms with Crippen LogP contribution in [0.4, 0.5) is 0 Å². The third kappa shape index (κ3) is 1.00. The van der Waals surface area contributed by atoms with Crippen LogP contribution in [0, 0.1) is 6.92 Å². The lowest BCUT2D eigenvalue weighted by Crippen LogP contribution is -2.18. The largest absolute Gasteiger partial charge is 0.477 e. The summed E-state index contributed by atoms with van der Waals surface area (Å²) in [6.07, 6.45) is 1.09. The van der Waals surface area contributed by atoms with E-state index in [0.29, 0.717) is 0 Å². The lowest BCUT2D eigenvalue weighted by atomic mass is 10.2. The number of hydrogen-bond donors (Lipinski definition) is 2. The summed E-state index contributed by atoms with van der Waals surface area (Å²) < 4.78 is 4.85. The number of carbonyl (C=O) groups is 1. The third-order valence-corrected chi connectivity index (χ3v) is 1.90. The lowest BCUT2D eigenvalue weighted by Gasteiger charge is -1.98. The lowest BCUT2D eigenvalue weighted by molar-refractivity contribution is 0.0694. The van der Waals surface area contributed by atoms with Gasteiger partial charge in [-0.15, -0.1) is 0 Å². The van der Waals surface area contributed by atoms with Gasteiger partial charge in [0.25, 0.3) is 0 Å². The Bertz CT molecular complexity index is 566. The topological polar surface area (TPSA) is 96.2 Å². The summed E-state index contributed by atoms with van der Waals surface area (Å²) in [6, 6.07) is 0. The van der Waals surface area contributed by atoms with E-state index in [2.05, 4.69) is 9.97 Å². The first-order valence-corrected chi connectivity index (χ1v) is 3.80. The molecule has 0 aliphatic carbocycles. The van der Waals surface area contributed by atoms with Gasteiger partial charge in [0, 0.05) is 5.69 Å². The smallest absolute Gasteiger partial charge is 0.341 e. The predicted octanol–water partition coefficient (Wildman–Crippen LogP) is 0.523. The standard InChI is InChI=1S/C8H6N2O4/c1-3-4(8(12)13)6(11)5-7(10-3)14-2-9-5/h2H,1H3,(H,10,11)(H,12,13). The first-order valence-electron chi connectivity index (χ1n) is 3.80. The number of carboxylic acid groups (broad SMARTS) is 1. The Balaban J connectivity index is 2.97. The zero-order chi connectivity index (χ0) is 10.3. The van der Waals surface area contributed by atoms with Gasteiger partial charge in [0.15, 0.2) is 11.9 Å². The van der Waals surface area contributed by atoms with Crippen molar-refractivity contribution in [2.45, 2.75) is 6.92 Å². The molecule has 2 heterocycles. The van der Waals surface area contributed by atoms with Crippen LogP contribution in [0.25, 0.3) is 11.2 Å². The van der Waals surface area contributed by atoms with Gasteiger partial charge in [-0.05, 0) is 6.92 Å². The molecule has 0 unspecified atom stereocenters. The van der Waals surface area contributed by atoms with Crippen molar-refractivity contribution in [1.82, 2.24) is 9.97 Å². The van der Waals surface area contributed by atoms with Gasteiger partial charge >= 0.3 is 5.97 Å². The zero-order valence-electron chi connectivity index (χ0n) is 7.20. The molecule has 0 bridgehead atoms. The number of hydrogen-bond acceptors (Lipinski definition) is 4. The Morgan fingerprint density at radius 1 is 1.64 bits per heavy atom. The molecule has 2 rings (SSSR count). The fourth-order valence-corrected chi connectivity index (χ4v) is 1.28. The molecule has 0 atom stereocenters. The Morgan fingerprint density at radius 3 is 3.00 bits per heavy atom. The second kappa shape index (κ2) is 2.69. The molecule has 72 valence electrons. The highest BCUT2D eigenvalue weighted by Crippen LogP contribution is 2.08. The molecule has 0 radical (unpaired) electrons. The van der Waals surface area contributed by atoms with E-state index in [-0.39, 0.29) is 22.5 Å². The van der Waals surface area contributed by atoms with Crippen LogP contribution in [0.15, 0.2) is 15.6 Å². The second-order valence-electron chi connectivity index (χ2n) is 2.79. The molecule has 2 aromatic rings. The van der Waals surface area contributed by atoms with E-state index in [0.717, 1.165) is 6.39 Å². The molecule has 6 nitrogen and oxygen atoms in total. The number of H-pyrrole nitrogens is 1. The van der Waals surface area contributed by atoms with Crippen LogP contribution >= 0.6 is 0 Å². The molecule has 0 saturated carbocycles. The third-order valence-electron chi connectivity index (χ3n) is 1.90. The van der Waals surface area contributed by atoms with Crippen LogP contribution in [-0.2, 0) is 0 Å². The Labute approximate surface area is 77.2 Å². The molecule has 2 aromatic heterocycles. The maximum Gasteiger partial charge on any atom is 0.341 e. The number of pyridine rings is 1. The molecule has 0 fully saturated rings. The van der Waals surface area contributed by atoms with Crippen molar-refractivity contribution in [3.63, 3.8) is 0 Å². The monoisotopic (exact) mass is 194 g/mol. The fraction of sp³-hybridized carbons (Fsp3) is 0.125. The molecule has 6 heteroatoms. The number of aromatic amines is 1. The number of aromatic carboxylic acids is 1. The van der Waals surface area contributed by atoms with Crippen molar-refractivity contribution in [1.29, 1.82) is 0 Å². The summed E-state index contributed by atoms with van der Waals surface area (Å²) in [7, 11) is 0. The molecule has 0 spiro atoms. The maximum atomic E-state index is 11.5. The Kier molecular flexibility index (Phi) is 1.63. The van der Waals surface area contributed by atoms with E-state index in [1.54, 1.807) is 0 Å². The minimum atomic E-state index is -1.27. The Hall–Kier alpha value is -2.11. The highest BCUT2D eigenvalue weighted by molar-refractivity contribution is 5.91. The summed E-state index contributed by atoms with van der Waals surface area (Å²) in [5.41, 5.74) is -0.471. The highest BCUT2D eigenvalue weighted by Gasteiger charge is 2.17. The quantitative estimate of drug-likeness (QED) is 0.689. The van der Waals surface area contributed by atoms with Crippen molar-refractivity contribution >= 4 is 17.2 Å². The van der Waals surface area contributed by atoms with E-state index in [1.807, 2.05) is 0 Å². The normalized spacial score (nSPS) is 10.6. The van der Waals surface area contributed by atoms with Crippen molar-refractivity contribution in [2.75, 3.05) is 0 Å². The van der Waals surface area contributed by atoms with Crippen molar-refractivity contribution in [2.24, 2.45) is 0 Å². The molecule has 2 N–H and O–H groups in total. The number of nitrogens with one attached hydrogen (secondary N) is 1. The number of nitrogens with zero attached hydrogens (tertiary/aromatic N) is 1. The first kappa shape index (κ1) is 8.49. The van der Waals surface area contributed by atoms with Crippen molar-refractivity contribution in [3.05, 3.63) is 27.9 Å². The number of carboxylic acids is 1. The van der Waals surface area contributed by atoms with Gasteiger partial charge in [-0.2, -0.15) is 0 Å². The molecule has 14 heavy (non-hydrogen) atoms. The molecule has 0 aromatic carbocycles. The van der Waals surface area contributed by atoms with E-state index >= 15 is 0 Å². The van der Waals surface area contributed by atoms with E-state index in [4.69, 9.17) is 9.52 Å². The predicted molar refractivity (Wildman–Crippen MR) is 46.3 cm³/mol. The minimum absolute atomic E-state index is 0.00741. The van der Waals surface area contributed by atoms with Crippen LogP contribution in [0.2, 0.25) is 0 Å². The van der Waals surface area contributed by atoms with Crippen LogP contribution in [-0.4, -0.2) is 21.0 Å². The van der Waals surface area contributed by atoms with Crippen LogP contribution in [0.1, 0.15) is 16.1 Å². The number of oxazole rings is 1. The number of aryl methyl sites for hydroxylation is 1. The number of fused-ring (bicyclic) bond motifs is 1. The van der Waals surface area contributed by atoms with Gasteiger partial charge in [-0.25, -0.2) is 9.78 Å². The van der Waals surface area contributed by atoms with Gasteiger partial charge < -0.3 is 14.5 Å². The maximum absolute atomic E-state index is 11.5. The molecule has 0 aliphatic heterocycles. The van der Waals surface area contributed by atoms with Gasteiger partial charge in [0.05, 0.1) is 0 Å². The van der Waals surface area contributed by atoms with Crippen LogP contribution in [0.5, 0.6) is 0 Å². The average Bonchev–Trinajstić information content (AvgIpc) is 2.50. The summed E-state index contributed by atoms with van der Waals surface area (Å²) in [5, 5.41) is 8.77. The van der Waals surface area contributed by atoms with E-state index in [9.17, 15) is 9.59 Å². The first-order chi connectivity index (χ1) is 6.61. The van der Waals surface area contributed by atoms with Gasteiger partial charge in [0.1, 0.15) is 5.56 Å². The summed E-state index contributed by atoms with van der Waals surface area (Å²) in [6.45, 7) is 1.49. The van der Waals surface area contributed by atoms with E-state index < -0.39 is 11.4 Å². The summed E-state index contributed by atoms with van der Waals surface area (Å²) in [4.78, 5) is 28.5. The van der Waals surface area contributed by atoms with Gasteiger partial charge in [0.2, 0.25) is 11.1 Å². The average molecular weight is 194 g/mol. The highest BCUT2D eigenvalue weighted by atomic mass is 16.4. The summed E-state index contributed by atoms with van der Waals surface area (Å²) >= 11 is 0. The van der Waals surface area contributed by atoms with Gasteiger partial charge in [-0.1, -0.05) is 0 Å². The van der Waals surface area contributed by atoms with Crippen LogP contribution in [0.3, 0.4) is 0 Å². The zero-order valence-corrected chi connectivity index (χ0v) is 7.20. The molecule has 0 amide bonds. The molecular weight excluding hydrogens is 188 g/mol. The van der Waals surface area contributed by atoms with Crippen molar-refractivity contribution < 1.29 is 14.3 Å². The fourth-order valence-electron chi connectivity index (χ4n) is 1.28. The molecule has 0 aliphatic rings. The second-order valence-corrected chi connectivity index (χ2v) is 2.79. The van der Waals surface area contributed by atoms with Gasteiger partial charge in [-0.3, -0.25) is 4.79 Å².